The predicted molar refractivity (Wildman–Crippen MR) is 86.4 cm³/mol. The molecule has 0 saturated carbocycles. The van der Waals surface area contributed by atoms with Crippen molar-refractivity contribution >= 4 is 31.5 Å². The normalized spacial score (nSPS) is 12.0. The highest BCUT2D eigenvalue weighted by atomic mass is 79.9. The number of anilines is 1. The molecule has 0 fully saturated rings. The molecule has 2 rings (SSSR count). The smallest absolute Gasteiger partial charge is 0.353 e. The predicted octanol–water partition coefficient (Wildman–Crippen LogP) is 3.69. The number of halogens is 3. The first kappa shape index (κ1) is 18.0. The van der Waals surface area contributed by atoms with Crippen molar-refractivity contribution in [1.82, 2.24) is 0 Å². The van der Waals surface area contributed by atoms with Gasteiger partial charge >= 0.3 is 5.03 Å². The van der Waals surface area contributed by atoms with Gasteiger partial charge in [-0.1, -0.05) is 15.9 Å². The Kier molecular flexibility index (Phi) is 5.30. The lowest BCUT2D eigenvalue weighted by molar-refractivity contribution is -0.411. The Bertz CT molecular complexity index is 915. The highest BCUT2D eigenvalue weighted by molar-refractivity contribution is 9.10. The Morgan fingerprint density at radius 3 is 2.33 bits per heavy atom. The monoisotopic (exact) mass is 418 g/mol. The summed E-state index contributed by atoms with van der Waals surface area (Å²) in [6.45, 7) is 0. The molecule has 0 atom stereocenters. The minimum atomic E-state index is -4.43. The van der Waals surface area contributed by atoms with Gasteiger partial charge in [-0.3, -0.25) is 10.1 Å². The van der Waals surface area contributed by atoms with Crippen molar-refractivity contribution in [2.45, 2.75) is 4.90 Å². The third-order valence-electron chi connectivity index (χ3n) is 2.86. The van der Waals surface area contributed by atoms with Crippen molar-refractivity contribution in [1.29, 1.82) is 0 Å². The van der Waals surface area contributed by atoms with Crippen LogP contribution in [0.1, 0.15) is 0 Å². The molecule has 1 N–H and O–H groups in total. The van der Waals surface area contributed by atoms with Crippen LogP contribution in [-0.4, -0.2) is 13.3 Å². The largest absolute Gasteiger partial charge is 0.379 e. The molecule has 0 aliphatic rings. The van der Waals surface area contributed by atoms with Crippen LogP contribution >= 0.6 is 15.9 Å². The summed E-state index contributed by atoms with van der Waals surface area (Å²) in [7, 11) is -4.43. The molecule has 2 aromatic rings. The van der Waals surface area contributed by atoms with E-state index in [-0.39, 0.29) is 10.6 Å². The fourth-order valence-electron chi connectivity index (χ4n) is 1.71. The van der Waals surface area contributed by atoms with Gasteiger partial charge in [-0.25, -0.2) is 17.2 Å². The van der Waals surface area contributed by atoms with Crippen LogP contribution < -0.4 is 5.32 Å². The standard InChI is InChI=1S/C14H9BrF2N2O4S/c15-9-1-4-11(5-2-9)24(22,23)14(19(20)21)8-18-13-6-3-10(16)7-12(13)17/h1-8,18H. The summed E-state index contributed by atoms with van der Waals surface area (Å²) in [5, 5.41) is 12.1. The Hall–Kier alpha value is -2.33. The van der Waals surface area contributed by atoms with Crippen LogP contribution in [0.2, 0.25) is 0 Å². The number of nitrogens with one attached hydrogen (secondary N) is 1. The minimum absolute atomic E-state index is 0.296. The maximum Gasteiger partial charge on any atom is 0.379 e. The van der Waals surface area contributed by atoms with E-state index >= 15 is 0 Å². The first-order chi connectivity index (χ1) is 11.2. The van der Waals surface area contributed by atoms with Crippen molar-refractivity contribution in [3.8, 4) is 0 Å². The Balaban J connectivity index is 2.41. The zero-order valence-electron chi connectivity index (χ0n) is 11.7. The SMILES string of the molecule is O=[N+]([O-])C(=CNc1ccc(F)cc1F)S(=O)(=O)c1ccc(Br)cc1. The molecule has 6 nitrogen and oxygen atoms in total. The molecule has 0 spiro atoms. The van der Waals surface area contributed by atoms with Crippen LogP contribution in [-0.2, 0) is 9.84 Å². The molecule has 24 heavy (non-hydrogen) atoms. The molecule has 0 aliphatic carbocycles. The van der Waals surface area contributed by atoms with Crippen molar-refractivity contribution in [2.75, 3.05) is 5.32 Å². The summed E-state index contributed by atoms with van der Waals surface area (Å²) in [6.07, 6.45) is 0.549. The van der Waals surface area contributed by atoms with E-state index in [1.165, 1.54) is 24.3 Å². The summed E-state index contributed by atoms with van der Waals surface area (Å²) < 4.78 is 51.6. The van der Waals surface area contributed by atoms with Crippen LogP contribution in [0.5, 0.6) is 0 Å². The molecule has 0 amide bonds. The Labute approximate surface area is 144 Å². The summed E-state index contributed by atoms with van der Waals surface area (Å²) in [6, 6.07) is 7.68. The fraction of sp³-hybridized carbons (Fsp3) is 0. The van der Waals surface area contributed by atoms with Crippen LogP contribution in [0.15, 0.2) is 63.1 Å². The van der Waals surface area contributed by atoms with Gasteiger partial charge < -0.3 is 5.32 Å². The van der Waals surface area contributed by atoms with Gasteiger partial charge in [0.15, 0.2) is 0 Å². The molecular formula is C14H9BrF2N2O4S. The van der Waals surface area contributed by atoms with E-state index in [2.05, 4.69) is 21.2 Å². The quantitative estimate of drug-likeness (QED) is 0.590. The molecule has 0 saturated heterocycles. The van der Waals surface area contributed by atoms with E-state index in [4.69, 9.17) is 0 Å². The third kappa shape index (κ3) is 3.95. The van der Waals surface area contributed by atoms with E-state index in [1.807, 2.05) is 0 Å². The maximum absolute atomic E-state index is 13.5. The summed E-state index contributed by atoms with van der Waals surface area (Å²) in [5.41, 5.74) is -0.304. The van der Waals surface area contributed by atoms with Crippen LogP contribution in [0.3, 0.4) is 0 Å². The van der Waals surface area contributed by atoms with E-state index < -0.39 is 31.4 Å². The van der Waals surface area contributed by atoms with Crippen molar-refractivity contribution in [3.63, 3.8) is 0 Å². The van der Waals surface area contributed by atoms with Crippen molar-refractivity contribution in [2.24, 2.45) is 0 Å². The summed E-state index contributed by atoms with van der Waals surface area (Å²) >= 11 is 3.13. The molecule has 0 bridgehead atoms. The Morgan fingerprint density at radius 2 is 1.79 bits per heavy atom. The number of benzene rings is 2. The molecule has 126 valence electrons. The lowest BCUT2D eigenvalue weighted by Gasteiger charge is -2.05. The van der Waals surface area contributed by atoms with Gasteiger partial charge in [0.25, 0.3) is 9.84 Å². The molecule has 0 aliphatic heterocycles. The fourth-order valence-corrected chi connectivity index (χ4v) is 3.12. The number of sulfone groups is 1. The molecular weight excluding hydrogens is 410 g/mol. The molecule has 0 unspecified atom stereocenters. The van der Waals surface area contributed by atoms with Gasteiger partial charge in [0.2, 0.25) is 0 Å². The van der Waals surface area contributed by atoms with E-state index in [9.17, 15) is 27.3 Å². The van der Waals surface area contributed by atoms with Gasteiger partial charge in [0.1, 0.15) is 11.6 Å². The number of hydrogen-bond acceptors (Lipinski definition) is 5. The first-order valence-electron chi connectivity index (χ1n) is 6.28. The van der Waals surface area contributed by atoms with Gasteiger partial charge in [0.05, 0.1) is 21.7 Å². The second-order valence-electron chi connectivity index (χ2n) is 4.47. The van der Waals surface area contributed by atoms with E-state index in [0.29, 0.717) is 16.7 Å². The Morgan fingerprint density at radius 1 is 1.17 bits per heavy atom. The second kappa shape index (κ2) is 7.05. The molecule has 0 aromatic heterocycles. The minimum Gasteiger partial charge on any atom is -0.353 e. The average Bonchev–Trinajstić information content (AvgIpc) is 2.49. The second-order valence-corrected chi connectivity index (χ2v) is 7.28. The van der Waals surface area contributed by atoms with Gasteiger partial charge in [-0.15, -0.1) is 0 Å². The van der Waals surface area contributed by atoms with Gasteiger partial charge in [0, 0.05) is 10.5 Å². The molecule has 10 heteroatoms. The highest BCUT2D eigenvalue weighted by Gasteiger charge is 2.31. The lowest BCUT2D eigenvalue weighted by Crippen LogP contribution is -2.14. The number of rotatable bonds is 5. The zero-order valence-corrected chi connectivity index (χ0v) is 14.1. The zero-order chi connectivity index (χ0) is 17.9. The van der Waals surface area contributed by atoms with Crippen molar-refractivity contribution < 1.29 is 22.1 Å². The van der Waals surface area contributed by atoms with E-state index in [0.717, 1.165) is 12.1 Å². The van der Waals surface area contributed by atoms with Gasteiger partial charge in [-0.05, 0) is 36.4 Å². The number of hydrogen-bond donors (Lipinski definition) is 1. The molecule has 0 heterocycles. The highest BCUT2D eigenvalue weighted by Crippen LogP contribution is 2.23. The van der Waals surface area contributed by atoms with Crippen molar-refractivity contribution in [3.05, 3.63) is 79.9 Å². The van der Waals surface area contributed by atoms with Crippen LogP contribution in [0.25, 0.3) is 0 Å². The molecule has 0 radical (unpaired) electrons. The first-order valence-corrected chi connectivity index (χ1v) is 8.56. The maximum atomic E-state index is 13.5. The average molecular weight is 419 g/mol. The summed E-state index contributed by atoms with van der Waals surface area (Å²) in [4.78, 5) is 9.70. The summed E-state index contributed by atoms with van der Waals surface area (Å²) in [5.74, 6) is -1.85. The van der Waals surface area contributed by atoms with Crippen LogP contribution in [0, 0.1) is 21.7 Å². The van der Waals surface area contributed by atoms with Crippen LogP contribution in [0.4, 0.5) is 14.5 Å². The molecule has 2 aromatic carbocycles. The topological polar surface area (TPSA) is 89.3 Å². The third-order valence-corrected chi connectivity index (χ3v) is 5.10. The number of nitrogens with zero attached hydrogens (tertiary/aromatic N) is 1. The van der Waals surface area contributed by atoms with Gasteiger partial charge in [-0.2, -0.15) is 0 Å². The number of nitro groups is 1. The lowest BCUT2D eigenvalue weighted by atomic mass is 10.3. The van der Waals surface area contributed by atoms with E-state index in [1.54, 1.807) is 0 Å².